The maximum atomic E-state index is 13.2. The molecule has 0 spiro atoms. The maximum Gasteiger partial charge on any atom is 0.311 e. The van der Waals surface area contributed by atoms with Crippen LogP contribution in [0.4, 0.5) is 0 Å². The monoisotopic (exact) mass is 637 g/mol. The highest BCUT2D eigenvalue weighted by atomic mass is 16.6. The number of rotatable bonds is 20. The molecule has 0 saturated heterocycles. The molecule has 0 heterocycles. The molecule has 0 bridgehead atoms. The first-order valence-corrected chi connectivity index (χ1v) is 17.4. The number of hydrogen-bond acceptors (Lipinski definition) is 7. The standard InChI is InChI=1S/C38H55NO7/c1-6-8-9-10-11-12-13-14-15-16-17-18-19-20-34(41)39-30-23-21-27-25-33(44-4)37(45-5)38(46-35(42)7-2)36(27)28-22-24-32(43-3)31(40)26-29(28)30/h22,24-26,30H,6-21,23H2,1-5H3,(H,39,41)/t30-/m0/s1. The van der Waals surface area contributed by atoms with Crippen LogP contribution in [0.25, 0.3) is 11.1 Å². The van der Waals surface area contributed by atoms with Gasteiger partial charge in [-0.2, -0.15) is 0 Å². The predicted octanol–water partition coefficient (Wildman–Crippen LogP) is 8.64. The molecule has 0 saturated carbocycles. The number of unbranched alkanes of at least 4 members (excludes halogenated alkanes) is 12. The number of methoxy groups -OCH3 is 3. The lowest BCUT2D eigenvalue weighted by Crippen LogP contribution is -2.28. The van der Waals surface area contributed by atoms with Crippen LogP contribution in [-0.4, -0.2) is 33.2 Å². The number of hydrogen-bond donors (Lipinski definition) is 1. The number of benzene rings is 1. The number of ether oxygens (including phenoxy) is 4. The predicted molar refractivity (Wildman–Crippen MR) is 183 cm³/mol. The fourth-order valence-electron chi connectivity index (χ4n) is 6.28. The molecule has 2 aromatic carbocycles. The van der Waals surface area contributed by atoms with E-state index in [9.17, 15) is 14.4 Å². The highest BCUT2D eigenvalue weighted by Gasteiger charge is 2.31. The lowest BCUT2D eigenvalue weighted by atomic mass is 9.95. The third-order valence-electron chi connectivity index (χ3n) is 8.86. The van der Waals surface area contributed by atoms with Crippen LogP contribution in [-0.2, 0) is 16.0 Å². The molecule has 1 aliphatic carbocycles. The third-order valence-corrected chi connectivity index (χ3v) is 8.86. The second kappa shape index (κ2) is 19.9. The SMILES string of the molecule is CCCCCCCCCCCCCCCC(=O)N[C@H]1CCc2cc(OC)c(OC)c(OC(=O)CC)c2-c2ccc(OC)c(=O)cc21. The van der Waals surface area contributed by atoms with E-state index in [1.165, 1.54) is 91.6 Å². The van der Waals surface area contributed by atoms with Crippen molar-refractivity contribution >= 4 is 11.9 Å². The highest BCUT2D eigenvalue weighted by Crippen LogP contribution is 2.50. The highest BCUT2D eigenvalue weighted by molar-refractivity contribution is 5.86. The van der Waals surface area contributed by atoms with E-state index >= 15 is 0 Å². The van der Waals surface area contributed by atoms with Gasteiger partial charge in [-0.05, 0) is 54.2 Å². The fourth-order valence-corrected chi connectivity index (χ4v) is 6.28. The molecule has 1 aliphatic rings. The molecule has 0 aliphatic heterocycles. The van der Waals surface area contributed by atoms with Crippen molar-refractivity contribution in [2.75, 3.05) is 21.3 Å². The van der Waals surface area contributed by atoms with Crippen molar-refractivity contribution < 1.29 is 28.5 Å². The van der Waals surface area contributed by atoms with Crippen molar-refractivity contribution in [1.82, 2.24) is 5.32 Å². The second-order valence-electron chi connectivity index (χ2n) is 12.2. The summed E-state index contributed by atoms with van der Waals surface area (Å²) in [4.78, 5) is 39.0. The van der Waals surface area contributed by atoms with Crippen LogP contribution in [0.5, 0.6) is 23.0 Å². The van der Waals surface area contributed by atoms with Gasteiger partial charge in [-0.1, -0.05) is 97.0 Å². The first kappa shape index (κ1) is 36.9. The number of carbonyl (C=O) groups is 2. The number of nitrogens with one attached hydrogen (secondary N) is 1. The number of fused-ring (bicyclic) bond motifs is 3. The lowest BCUT2D eigenvalue weighted by molar-refractivity contribution is -0.134. The number of carbonyl (C=O) groups excluding carboxylic acids is 2. The van der Waals surface area contributed by atoms with Gasteiger partial charge in [0.2, 0.25) is 17.1 Å². The Morgan fingerprint density at radius 3 is 1.93 bits per heavy atom. The molecule has 8 heteroatoms. The van der Waals surface area contributed by atoms with E-state index in [2.05, 4.69) is 12.2 Å². The average molecular weight is 638 g/mol. The molecular weight excluding hydrogens is 582 g/mol. The minimum absolute atomic E-state index is 0.0382. The maximum absolute atomic E-state index is 13.2. The summed E-state index contributed by atoms with van der Waals surface area (Å²) in [5, 5.41) is 3.21. The minimum Gasteiger partial charge on any atom is -0.493 e. The van der Waals surface area contributed by atoms with Crippen LogP contribution >= 0.6 is 0 Å². The first-order chi connectivity index (χ1) is 22.4. The van der Waals surface area contributed by atoms with Crippen molar-refractivity contribution in [3.05, 3.63) is 45.6 Å². The normalized spacial score (nSPS) is 13.6. The van der Waals surface area contributed by atoms with Gasteiger partial charge < -0.3 is 24.3 Å². The summed E-state index contributed by atoms with van der Waals surface area (Å²) in [6, 6.07) is 6.39. The minimum atomic E-state index is -0.426. The van der Waals surface area contributed by atoms with Crippen molar-refractivity contribution in [2.24, 2.45) is 0 Å². The van der Waals surface area contributed by atoms with Gasteiger partial charge in [-0.3, -0.25) is 14.4 Å². The van der Waals surface area contributed by atoms with Crippen LogP contribution < -0.4 is 29.7 Å². The fraction of sp³-hybridized carbons (Fsp3) is 0.605. The molecule has 0 fully saturated rings. The zero-order chi connectivity index (χ0) is 33.3. The van der Waals surface area contributed by atoms with E-state index in [1.807, 2.05) is 6.07 Å². The number of amides is 1. The number of aryl methyl sites for hydroxylation is 1. The second-order valence-corrected chi connectivity index (χ2v) is 12.2. The van der Waals surface area contributed by atoms with Crippen LogP contribution in [0.1, 0.15) is 134 Å². The summed E-state index contributed by atoms with van der Waals surface area (Å²) in [5.41, 5.74) is 2.52. The molecular formula is C38H55NO7. The van der Waals surface area contributed by atoms with Crippen molar-refractivity contribution in [3.63, 3.8) is 0 Å². The lowest BCUT2D eigenvalue weighted by Gasteiger charge is -2.20. The Kier molecular flexibility index (Phi) is 15.9. The van der Waals surface area contributed by atoms with Gasteiger partial charge in [0.1, 0.15) is 0 Å². The van der Waals surface area contributed by atoms with Gasteiger partial charge in [0.25, 0.3) is 0 Å². The molecule has 0 radical (unpaired) electrons. The third kappa shape index (κ3) is 10.5. The zero-order valence-corrected chi connectivity index (χ0v) is 28.8. The van der Waals surface area contributed by atoms with Crippen molar-refractivity contribution in [1.29, 1.82) is 0 Å². The summed E-state index contributed by atoms with van der Waals surface area (Å²) >= 11 is 0. The Bertz CT molecular complexity index is 1340. The molecule has 1 atom stereocenters. The van der Waals surface area contributed by atoms with Crippen LogP contribution in [0.2, 0.25) is 0 Å². The molecule has 2 aromatic rings. The topological polar surface area (TPSA) is 100 Å². The summed E-state index contributed by atoms with van der Waals surface area (Å²) in [6.45, 7) is 3.98. The van der Waals surface area contributed by atoms with Crippen molar-refractivity contribution in [3.8, 4) is 34.1 Å². The van der Waals surface area contributed by atoms with Crippen LogP contribution in [0.3, 0.4) is 0 Å². The average Bonchev–Trinajstić information content (AvgIpc) is 3.30. The Hall–Kier alpha value is -3.55. The number of esters is 1. The molecule has 0 aromatic heterocycles. The summed E-state index contributed by atoms with van der Waals surface area (Å²) < 4.78 is 22.5. The van der Waals surface area contributed by atoms with E-state index in [4.69, 9.17) is 18.9 Å². The van der Waals surface area contributed by atoms with Gasteiger partial charge in [0, 0.05) is 18.4 Å². The van der Waals surface area contributed by atoms with Crippen LogP contribution in [0.15, 0.2) is 29.1 Å². The van der Waals surface area contributed by atoms with E-state index in [-0.39, 0.29) is 29.3 Å². The molecule has 1 N–H and O–H groups in total. The largest absolute Gasteiger partial charge is 0.493 e. The zero-order valence-electron chi connectivity index (χ0n) is 28.8. The molecule has 0 unspecified atom stereocenters. The summed E-state index contributed by atoms with van der Waals surface area (Å²) in [7, 11) is 4.48. The van der Waals surface area contributed by atoms with E-state index in [1.54, 1.807) is 19.1 Å². The van der Waals surface area contributed by atoms with E-state index in [0.717, 1.165) is 24.8 Å². The van der Waals surface area contributed by atoms with Crippen LogP contribution in [0, 0.1) is 0 Å². The Labute approximate surface area is 275 Å². The van der Waals surface area contributed by atoms with Gasteiger partial charge in [0.15, 0.2) is 17.2 Å². The van der Waals surface area contributed by atoms with Gasteiger partial charge in [-0.15, -0.1) is 0 Å². The first-order valence-electron chi connectivity index (χ1n) is 17.4. The van der Waals surface area contributed by atoms with Gasteiger partial charge >= 0.3 is 5.97 Å². The molecule has 8 nitrogen and oxygen atoms in total. The van der Waals surface area contributed by atoms with Crippen molar-refractivity contribution in [2.45, 2.75) is 129 Å². The quantitative estimate of drug-likeness (QED) is 0.0881. The van der Waals surface area contributed by atoms with Gasteiger partial charge in [-0.25, -0.2) is 0 Å². The Morgan fingerprint density at radius 2 is 1.37 bits per heavy atom. The Balaban J connectivity index is 1.71. The Morgan fingerprint density at radius 1 is 0.761 bits per heavy atom. The summed E-state index contributed by atoms with van der Waals surface area (Å²) in [6.07, 6.45) is 18.0. The molecule has 254 valence electrons. The smallest absolute Gasteiger partial charge is 0.311 e. The van der Waals surface area contributed by atoms with Gasteiger partial charge in [0.05, 0.1) is 27.4 Å². The molecule has 46 heavy (non-hydrogen) atoms. The van der Waals surface area contributed by atoms with E-state index < -0.39 is 12.0 Å². The molecule has 1 amide bonds. The molecule has 3 rings (SSSR count). The van der Waals surface area contributed by atoms with E-state index in [0.29, 0.717) is 47.5 Å². The summed E-state index contributed by atoms with van der Waals surface area (Å²) in [5.74, 6) is 0.683.